The molecule has 0 saturated carbocycles. The lowest BCUT2D eigenvalue weighted by Crippen LogP contribution is -2.25. The first-order valence-corrected chi connectivity index (χ1v) is 6.03. The summed E-state index contributed by atoms with van der Waals surface area (Å²) in [5.74, 6) is 0. The summed E-state index contributed by atoms with van der Waals surface area (Å²) < 4.78 is 0. The average molecular weight is 207 g/mol. The molecule has 0 radical (unpaired) electrons. The van der Waals surface area contributed by atoms with Crippen LogP contribution < -0.4 is 5.73 Å². The molecule has 1 nitrogen and oxygen atoms in total. The van der Waals surface area contributed by atoms with Gasteiger partial charge >= 0.3 is 0 Å². The molecule has 1 aliphatic carbocycles. The third-order valence-electron chi connectivity index (χ3n) is 2.45. The fourth-order valence-electron chi connectivity index (χ4n) is 1.84. The van der Waals surface area contributed by atoms with Crippen molar-refractivity contribution in [1.29, 1.82) is 0 Å². The van der Waals surface area contributed by atoms with Crippen LogP contribution >= 0.6 is 0 Å². The molecule has 1 rings (SSSR count). The quantitative estimate of drug-likeness (QED) is 0.728. The summed E-state index contributed by atoms with van der Waals surface area (Å²) in [7, 11) is 0. The van der Waals surface area contributed by atoms with Gasteiger partial charge in [-0.2, -0.15) is 0 Å². The summed E-state index contributed by atoms with van der Waals surface area (Å²) in [6.45, 7) is 8.10. The van der Waals surface area contributed by atoms with Crippen molar-refractivity contribution in [2.75, 3.05) is 0 Å². The largest absolute Gasteiger partial charge is 0.324 e. The van der Waals surface area contributed by atoms with E-state index in [2.05, 4.69) is 31.2 Å². The van der Waals surface area contributed by atoms with Gasteiger partial charge in [0, 0.05) is 6.04 Å². The minimum Gasteiger partial charge on any atom is -0.324 e. The molecule has 1 atom stereocenters. The molecule has 0 aromatic rings. The minimum atomic E-state index is 0.246. The monoisotopic (exact) mass is 207 g/mol. The Labute approximate surface area is 94.8 Å². The molecule has 0 aromatic carbocycles. The van der Waals surface area contributed by atoms with E-state index in [1.165, 1.54) is 24.0 Å². The Kier molecular flexibility index (Phi) is 8.02. The van der Waals surface area contributed by atoms with Crippen LogP contribution in [-0.4, -0.2) is 6.04 Å². The second kappa shape index (κ2) is 8.49. The van der Waals surface area contributed by atoms with Gasteiger partial charge in [-0.05, 0) is 44.3 Å². The van der Waals surface area contributed by atoms with E-state index in [9.17, 15) is 0 Å². The molecule has 0 fully saturated rings. The van der Waals surface area contributed by atoms with Gasteiger partial charge in [0.1, 0.15) is 0 Å². The maximum absolute atomic E-state index is 6.04. The van der Waals surface area contributed by atoms with Gasteiger partial charge in [-0.1, -0.05) is 38.2 Å². The second-order valence-electron chi connectivity index (χ2n) is 3.48. The van der Waals surface area contributed by atoms with E-state index in [-0.39, 0.29) is 6.04 Å². The summed E-state index contributed by atoms with van der Waals surface area (Å²) in [6.07, 6.45) is 12.0. The number of hydrogen-bond donors (Lipinski definition) is 1. The van der Waals surface area contributed by atoms with E-state index in [0.717, 1.165) is 6.42 Å². The zero-order valence-electron chi connectivity index (χ0n) is 10.6. The summed E-state index contributed by atoms with van der Waals surface area (Å²) in [4.78, 5) is 0. The molecule has 1 unspecified atom stereocenters. The highest BCUT2D eigenvalue weighted by Gasteiger charge is 2.15. The minimum absolute atomic E-state index is 0.246. The topological polar surface area (TPSA) is 26.0 Å². The van der Waals surface area contributed by atoms with Crippen LogP contribution in [0.4, 0.5) is 0 Å². The molecule has 0 aromatic heterocycles. The van der Waals surface area contributed by atoms with Crippen molar-refractivity contribution < 1.29 is 0 Å². The van der Waals surface area contributed by atoms with Crippen LogP contribution in [-0.2, 0) is 0 Å². The van der Waals surface area contributed by atoms with Crippen molar-refractivity contribution in [1.82, 2.24) is 0 Å². The van der Waals surface area contributed by atoms with Crippen molar-refractivity contribution in [2.45, 2.75) is 53.0 Å². The van der Waals surface area contributed by atoms with Crippen molar-refractivity contribution in [3.8, 4) is 0 Å². The van der Waals surface area contributed by atoms with Crippen LogP contribution in [0.1, 0.15) is 47.0 Å². The van der Waals surface area contributed by atoms with E-state index in [0.29, 0.717) is 0 Å². The smallest absolute Gasteiger partial charge is 0.0297 e. The Bertz CT molecular complexity index is 246. The lowest BCUT2D eigenvalue weighted by molar-refractivity contribution is 0.612. The van der Waals surface area contributed by atoms with Crippen molar-refractivity contribution in [2.24, 2.45) is 5.73 Å². The third-order valence-corrected chi connectivity index (χ3v) is 2.45. The Morgan fingerprint density at radius 2 is 1.73 bits per heavy atom. The van der Waals surface area contributed by atoms with Gasteiger partial charge in [0.15, 0.2) is 0 Å². The Balaban J connectivity index is 0.000000921. The number of allylic oxidation sites excluding steroid dienone is 4. The molecule has 0 spiro atoms. The van der Waals surface area contributed by atoms with Gasteiger partial charge in [-0.25, -0.2) is 0 Å². The fourth-order valence-corrected chi connectivity index (χ4v) is 1.84. The second-order valence-corrected chi connectivity index (χ2v) is 3.48. The molecule has 0 saturated heterocycles. The summed E-state index contributed by atoms with van der Waals surface area (Å²) in [5, 5.41) is 0. The highest BCUT2D eigenvalue weighted by molar-refractivity contribution is 5.38. The molecular formula is C14H25N. The van der Waals surface area contributed by atoms with Gasteiger partial charge < -0.3 is 5.73 Å². The molecule has 1 aliphatic rings. The summed E-state index contributed by atoms with van der Waals surface area (Å²) in [5.41, 5.74) is 8.78. The van der Waals surface area contributed by atoms with Crippen LogP contribution in [0.5, 0.6) is 0 Å². The predicted molar refractivity (Wildman–Crippen MR) is 69.8 cm³/mol. The van der Waals surface area contributed by atoms with E-state index in [4.69, 9.17) is 5.73 Å². The number of rotatable bonds is 2. The normalized spacial score (nSPS) is 22.1. The Morgan fingerprint density at radius 1 is 1.13 bits per heavy atom. The Morgan fingerprint density at radius 3 is 2.27 bits per heavy atom. The number of hydrogen-bond acceptors (Lipinski definition) is 1. The van der Waals surface area contributed by atoms with Crippen LogP contribution in [0, 0.1) is 0 Å². The van der Waals surface area contributed by atoms with Crippen LogP contribution in [0.2, 0.25) is 0 Å². The van der Waals surface area contributed by atoms with Gasteiger partial charge in [-0.3, -0.25) is 0 Å². The molecule has 0 heterocycles. The first kappa shape index (κ1) is 14.2. The molecule has 86 valence electrons. The van der Waals surface area contributed by atoms with Gasteiger partial charge in [-0.15, -0.1) is 0 Å². The zero-order valence-corrected chi connectivity index (χ0v) is 10.6. The number of nitrogens with two attached hydrogens (primary N) is 1. The highest BCUT2D eigenvalue weighted by atomic mass is 14.6. The maximum Gasteiger partial charge on any atom is 0.0297 e. The summed E-state index contributed by atoms with van der Waals surface area (Å²) >= 11 is 0. The first-order valence-electron chi connectivity index (χ1n) is 6.03. The highest BCUT2D eigenvalue weighted by Crippen LogP contribution is 2.25. The lowest BCUT2D eigenvalue weighted by Gasteiger charge is -2.22. The SMILES string of the molecule is C/C=C\C1=C(/C=C\C)C(N)CCC1.CC. The average Bonchev–Trinajstić information content (AvgIpc) is 2.26. The van der Waals surface area contributed by atoms with Gasteiger partial charge in [0.05, 0.1) is 0 Å². The van der Waals surface area contributed by atoms with E-state index in [1.54, 1.807) is 0 Å². The van der Waals surface area contributed by atoms with Crippen LogP contribution in [0.15, 0.2) is 35.5 Å². The lowest BCUT2D eigenvalue weighted by atomic mass is 9.87. The molecule has 2 N–H and O–H groups in total. The molecule has 15 heavy (non-hydrogen) atoms. The maximum atomic E-state index is 6.04. The van der Waals surface area contributed by atoms with Crippen LogP contribution in [0.25, 0.3) is 0 Å². The van der Waals surface area contributed by atoms with Crippen molar-refractivity contribution in [3.63, 3.8) is 0 Å². The van der Waals surface area contributed by atoms with Gasteiger partial charge in [0.25, 0.3) is 0 Å². The van der Waals surface area contributed by atoms with Crippen molar-refractivity contribution in [3.05, 3.63) is 35.5 Å². The first-order chi connectivity index (χ1) is 7.29. The van der Waals surface area contributed by atoms with Gasteiger partial charge in [0.2, 0.25) is 0 Å². The Hall–Kier alpha value is -0.820. The van der Waals surface area contributed by atoms with E-state index < -0.39 is 0 Å². The molecule has 0 bridgehead atoms. The van der Waals surface area contributed by atoms with E-state index in [1.807, 2.05) is 20.8 Å². The van der Waals surface area contributed by atoms with Crippen LogP contribution in [0.3, 0.4) is 0 Å². The molecule has 0 amide bonds. The third kappa shape index (κ3) is 4.48. The molecular weight excluding hydrogens is 182 g/mol. The summed E-state index contributed by atoms with van der Waals surface area (Å²) in [6, 6.07) is 0.246. The van der Waals surface area contributed by atoms with E-state index >= 15 is 0 Å². The zero-order chi connectivity index (χ0) is 11.7. The molecule has 1 heteroatoms. The fraction of sp³-hybridized carbons (Fsp3) is 0.571. The van der Waals surface area contributed by atoms with Crippen molar-refractivity contribution >= 4 is 0 Å². The standard InChI is InChI=1S/C12H19N.C2H6/c1-3-6-10-8-5-9-12(13)11(10)7-4-2;1-2/h3-4,6-7,12H,5,8-9,13H2,1-2H3;1-2H3/b6-3-,7-4-;. The predicted octanol–water partition coefficient (Wildman–Crippen LogP) is 3.97. The molecule has 0 aliphatic heterocycles.